The van der Waals surface area contributed by atoms with Gasteiger partial charge >= 0.3 is 5.97 Å². The molecule has 0 saturated heterocycles. The maximum atomic E-state index is 11.3. The van der Waals surface area contributed by atoms with Crippen LogP contribution in [0.3, 0.4) is 0 Å². The Morgan fingerprint density at radius 1 is 1.31 bits per heavy atom. The smallest absolute Gasteiger partial charge is 0.311 e. The second-order valence-electron chi connectivity index (χ2n) is 4.66. The minimum atomic E-state index is -0.598. The van der Waals surface area contributed by atoms with Crippen LogP contribution in [-0.2, 0) is 14.3 Å². The third-order valence-corrected chi connectivity index (χ3v) is 1.95. The number of ether oxygens (including phenoxy) is 1. The molecule has 0 aromatic carbocycles. The minimum absolute atomic E-state index is 0.276. The highest BCUT2D eigenvalue weighted by Gasteiger charge is 2.35. The van der Waals surface area contributed by atoms with Gasteiger partial charge in [-0.1, -0.05) is 13.8 Å². The monoisotopic (exact) mass is 186 g/mol. The van der Waals surface area contributed by atoms with Gasteiger partial charge < -0.3 is 9.53 Å². The highest BCUT2D eigenvalue weighted by molar-refractivity contribution is 5.76. The quantitative estimate of drug-likeness (QED) is 0.496. The Labute approximate surface area is 79.5 Å². The van der Waals surface area contributed by atoms with Gasteiger partial charge in [-0.15, -0.1) is 0 Å². The van der Waals surface area contributed by atoms with Crippen molar-refractivity contribution < 1.29 is 14.3 Å². The fourth-order valence-electron chi connectivity index (χ4n) is 1.53. The molecule has 0 unspecified atom stereocenters. The first-order valence-corrected chi connectivity index (χ1v) is 4.30. The van der Waals surface area contributed by atoms with E-state index in [-0.39, 0.29) is 5.97 Å². The zero-order valence-electron chi connectivity index (χ0n) is 9.01. The predicted octanol–water partition coefficient (Wildman–Crippen LogP) is 1.80. The number of rotatable bonds is 4. The number of carbonyl (C=O) groups is 2. The summed E-state index contributed by atoms with van der Waals surface area (Å²) >= 11 is 0. The Hall–Kier alpha value is -0.860. The fourth-order valence-corrected chi connectivity index (χ4v) is 1.53. The van der Waals surface area contributed by atoms with E-state index in [1.807, 2.05) is 13.8 Å². The second-order valence-corrected chi connectivity index (χ2v) is 4.66. The summed E-state index contributed by atoms with van der Waals surface area (Å²) < 4.78 is 4.65. The van der Waals surface area contributed by atoms with Crippen LogP contribution in [0.4, 0.5) is 0 Å². The molecule has 76 valence electrons. The second kappa shape index (κ2) is 3.90. The Kier molecular flexibility index (Phi) is 3.64. The highest BCUT2D eigenvalue weighted by Crippen LogP contribution is 2.32. The number of methoxy groups -OCH3 is 1. The van der Waals surface area contributed by atoms with Crippen molar-refractivity contribution in [1.82, 2.24) is 0 Å². The molecule has 0 atom stereocenters. The summed E-state index contributed by atoms with van der Waals surface area (Å²) in [5.74, 6) is -0.276. The molecule has 0 aliphatic carbocycles. The van der Waals surface area contributed by atoms with Crippen molar-refractivity contribution in [2.75, 3.05) is 7.11 Å². The molecule has 3 nitrogen and oxygen atoms in total. The van der Waals surface area contributed by atoms with Gasteiger partial charge in [-0.3, -0.25) is 4.79 Å². The van der Waals surface area contributed by atoms with Gasteiger partial charge in [0.05, 0.1) is 12.5 Å². The summed E-state index contributed by atoms with van der Waals surface area (Å²) in [7, 11) is 1.36. The standard InChI is InChI=1S/C10H18O3/c1-9(2,7-11)6-10(3,4)8(12)13-5/h7H,6H2,1-5H3. The molecule has 0 N–H and O–H groups in total. The van der Waals surface area contributed by atoms with E-state index < -0.39 is 10.8 Å². The van der Waals surface area contributed by atoms with Crippen LogP contribution in [0, 0.1) is 10.8 Å². The van der Waals surface area contributed by atoms with Crippen molar-refractivity contribution in [3.63, 3.8) is 0 Å². The molecular formula is C10H18O3. The lowest BCUT2D eigenvalue weighted by Gasteiger charge is -2.28. The molecule has 0 amide bonds. The van der Waals surface area contributed by atoms with Crippen molar-refractivity contribution in [2.24, 2.45) is 10.8 Å². The van der Waals surface area contributed by atoms with Crippen LogP contribution in [0.2, 0.25) is 0 Å². The molecule has 0 heterocycles. The van der Waals surface area contributed by atoms with Gasteiger partial charge in [0.2, 0.25) is 0 Å². The van der Waals surface area contributed by atoms with E-state index in [1.54, 1.807) is 13.8 Å². The van der Waals surface area contributed by atoms with Crippen LogP contribution in [0.1, 0.15) is 34.1 Å². The number of carbonyl (C=O) groups excluding carboxylic acids is 2. The molecule has 0 aliphatic rings. The van der Waals surface area contributed by atoms with Gasteiger partial charge in [-0.2, -0.15) is 0 Å². The molecule has 0 saturated carbocycles. The molecule has 0 bridgehead atoms. The molecule has 0 spiro atoms. The van der Waals surface area contributed by atoms with Crippen LogP contribution in [0.5, 0.6) is 0 Å². The maximum Gasteiger partial charge on any atom is 0.311 e. The molecule has 0 aromatic heterocycles. The van der Waals surface area contributed by atoms with Gasteiger partial charge in [-0.05, 0) is 20.3 Å². The van der Waals surface area contributed by atoms with Crippen LogP contribution >= 0.6 is 0 Å². The summed E-state index contributed by atoms with van der Waals surface area (Å²) in [5, 5.41) is 0. The molecule has 0 fully saturated rings. The van der Waals surface area contributed by atoms with Gasteiger partial charge in [-0.25, -0.2) is 0 Å². The molecule has 13 heavy (non-hydrogen) atoms. The predicted molar refractivity (Wildman–Crippen MR) is 50.3 cm³/mol. The van der Waals surface area contributed by atoms with Crippen molar-refractivity contribution in [3.05, 3.63) is 0 Å². The van der Waals surface area contributed by atoms with E-state index in [1.165, 1.54) is 7.11 Å². The molecule has 0 rings (SSSR count). The van der Waals surface area contributed by atoms with E-state index in [4.69, 9.17) is 0 Å². The molecule has 0 radical (unpaired) electrons. The topological polar surface area (TPSA) is 43.4 Å². The highest BCUT2D eigenvalue weighted by atomic mass is 16.5. The van der Waals surface area contributed by atoms with Crippen molar-refractivity contribution in [1.29, 1.82) is 0 Å². The largest absolute Gasteiger partial charge is 0.469 e. The maximum absolute atomic E-state index is 11.3. The molecule has 0 aromatic rings. The van der Waals surface area contributed by atoms with Gasteiger partial charge in [0.25, 0.3) is 0 Å². The average Bonchev–Trinajstić information content (AvgIpc) is 2.01. The Balaban J connectivity index is 4.50. The van der Waals surface area contributed by atoms with Crippen molar-refractivity contribution >= 4 is 12.3 Å². The van der Waals surface area contributed by atoms with Gasteiger partial charge in [0, 0.05) is 5.41 Å². The summed E-state index contributed by atoms with van der Waals surface area (Å²) in [6, 6.07) is 0. The zero-order chi connectivity index (χ0) is 10.7. The van der Waals surface area contributed by atoms with Crippen molar-refractivity contribution in [3.8, 4) is 0 Å². The summed E-state index contributed by atoms with van der Waals surface area (Å²) in [4.78, 5) is 22.0. The third-order valence-electron chi connectivity index (χ3n) is 1.95. The van der Waals surface area contributed by atoms with Crippen LogP contribution in [-0.4, -0.2) is 19.4 Å². The van der Waals surface area contributed by atoms with E-state index in [0.29, 0.717) is 6.42 Å². The normalized spacial score (nSPS) is 12.4. The Morgan fingerprint density at radius 2 is 1.77 bits per heavy atom. The van der Waals surface area contributed by atoms with Crippen molar-refractivity contribution in [2.45, 2.75) is 34.1 Å². The third kappa shape index (κ3) is 3.57. The molecular weight excluding hydrogens is 168 g/mol. The summed E-state index contributed by atoms with van der Waals surface area (Å²) in [6.07, 6.45) is 1.37. The summed E-state index contributed by atoms with van der Waals surface area (Å²) in [5.41, 5.74) is -1.07. The minimum Gasteiger partial charge on any atom is -0.469 e. The first-order valence-electron chi connectivity index (χ1n) is 4.30. The molecule has 3 heteroatoms. The number of esters is 1. The lowest BCUT2D eigenvalue weighted by Crippen LogP contribution is -2.32. The lowest BCUT2D eigenvalue weighted by molar-refractivity contribution is -0.152. The number of hydrogen-bond donors (Lipinski definition) is 0. The summed E-state index contributed by atoms with van der Waals surface area (Å²) in [6.45, 7) is 7.18. The molecule has 0 aliphatic heterocycles. The number of aldehydes is 1. The van der Waals surface area contributed by atoms with E-state index in [2.05, 4.69) is 4.74 Å². The zero-order valence-corrected chi connectivity index (χ0v) is 9.01. The van der Waals surface area contributed by atoms with Crippen LogP contribution in [0.25, 0.3) is 0 Å². The Bertz CT molecular complexity index is 204. The number of hydrogen-bond acceptors (Lipinski definition) is 3. The first kappa shape index (κ1) is 12.1. The Morgan fingerprint density at radius 3 is 2.08 bits per heavy atom. The van der Waals surface area contributed by atoms with E-state index in [9.17, 15) is 9.59 Å². The van der Waals surface area contributed by atoms with Gasteiger partial charge in [0.1, 0.15) is 6.29 Å². The van der Waals surface area contributed by atoms with Crippen LogP contribution in [0.15, 0.2) is 0 Å². The van der Waals surface area contributed by atoms with E-state index in [0.717, 1.165) is 6.29 Å². The van der Waals surface area contributed by atoms with Crippen LogP contribution < -0.4 is 0 Å². The first-order chi connectivity index (χ1) is 5.75. The average molecular weight is 186 g/mol. The lowest BCUT2D eigenvalue weighted by atomic mass is 9.76. The SMILES string of the molecule is COC(=O)C(C)(C)CC(C)(C)C=O. The van der Waals surface area contributed by atoms with E-state index >= 15 is 0 Å². The van der Waals surface area contributed by atoms with Gasteiger partial charge in [0.15, 0.2) is 0 Å². The fraction of sp³-hybridized carbons (Fsp3) is 0.800.